The minimum Gasteiger partial charge on any atom is -0.385 e. The molecule has 0 aromatic carbocycles. The summed E-state index contributed by atoms with van der Waals surface area (Å²) in [5.41, 5.74) is 0.448. The molecule has 0 bridgehead atoms. The molecule has 0 fully saturated rings. The zero-order valence-corrected chi connectivity index (χ0v) is 14.2. The van der Waals surface area contributed by atoms with Crippen molar-refractivity contribution in [2.75, 3.05) is 26.8 Å². The minimum absolute atomic E-state index is 0.448. The molecule has 0 aromatic heterocycles. The summed E-state index contributed by atoms with van der Waals surface area (Å²) in [6.45, 7) is 14.8. The minimum atomic E-state index is 0.448. The van der Waals surface area contributed by atoms with Crippen molar-refractivity contribution in [2.24, 2.45) is 17.3 Å². The summed E-state index contributed by atoms with van der Waals surface area (Å²) in [6.07, 6.45) is 6.42. The lowest BCUT2D eigenvalue weighted by Gasteiger charge is -2.39. The molecule has 0 rings (SSSR count). The molecule has 0 saturated heterocycles. The van der Waals surface area contributed by atoms with Crippen LogP contribution in [0.1, 0.15) is 66.7 Å². The molecular formula is C17H37NO. The van der Waals surface area contributed by atoms with Gasteiger partial charge in [-0.15, -0.1) is 0 Å². The van der Waals surface area contributed by atoms with Crippen LogP contribution in [0.2, 0.25) is 0 Å². The summed E-state index contributed by atoms with van der Waals surface area (Å²) in [5.74, 6) is 1.46. The Morgan fingerprint density at radius 2 is 1.84 bits per heavy atom. The van der Waals surface area contributed by atoms with Gasteiger partial charge in [0.1, 0.15) is 0 Å². The van der Waals surface area contributed by atoms with Gasteiger partial charge in [-0.2, -0.15) is 0 Å². The van der Waals surface area contributed by atoms with E-state index in [2.05, 4.69) is 39.9 Å². The van der Waals surface area contributed by atoms with Gasteiger partial charge in [0.25, 0.3) is 0 Å². The highest BCUT2D eigenvalue weighted by atomic mass is 16.5. The summed E-state index contributed by atoms with van der Waals surface area (Å²) in [5, 5.41) is 3.70. The highest BCUT2D eigenvalue weighted by molar-refractivity contribution is 4.85. The second kappa shape index (κ2) is 10.7. The zero-order valence-electron chi connectivity index (χ0n) is 14.2. The number of hydrogen-bond donors (Lipinski definition) is 1. The highest BCUT2D eigenvalue weighted by Crippen LogP contribution is 2.38. The predicted octanol–water partition coefficient (Wildman–Crippen LogP) is 4.49. The van der Waals surface area contributed by atoms with Crippen molar-refractivity contribution in [3.63, 3.8) is 0 Å². The van der Waals surface area contributed by atoms with Crippen LogP contribution in [0.4, 0.5) is 0 Å². The second-order valence-electron chi connectivity index (χ2n) is 6.53. The SMILES string of the molecule is CCCCC(CC)(CNCC(C)C)C(C)CCOC. The Kier molecular flexibility index (Phi) is 10.6. The van der Waals surface area contributed by atoms with E-state index < -0.39 is 0 Å². The van der Waals surface area contributed by atoms with Crippen molar-refractivity contribution in [3.8, 4) is 0 Å². The Hall–Kier alpha value is -0.0800. The highest BCUT2D eigenvalue weighted by Gasteiger charge is 2.33. The number of nitrogens with one attached hydrogen (secondary N) is 1. The van der Waals surface area contributed by atoms with E-state index in [-0.39, 0.29) is 0 Å². The summed E-state index contributed by atoms with van der Waals surface area (Å²) >= 11 is 0. The van der Waals surface area contributed by atoms with Crippen molar-refractivity contribution >= 4 is 0 Å². The summed E-state index contributed by atoms with van der Waals surface area (Å²) in [4.78, 5) is 0. The maximum Gasteiger partial charge on any atom is 0.0465 e. The molecular weight excluding hydrogens is 234 g/mol. The molecule has 2 unspecified atom stereocenters. The molecule has 0 amide bonds. The second-order valence-corrected chi connectivity index (χ2v) is 6.53. The van der Waals surface area contributed by atoms with E-state index in [4.69, 9.17) is 4.74 Å². The summed E-state index contributed by atoms with van der Waals surface area (Å²) in [6, 6.07) is 0. The average Bonchev–Trinajstić information content (AvgIpc) is 2.39. The van der Waals surface area contributed by atoms with Gasteiger partial charge in [0, 0.05) is 20.3 Å². The molecule has 0 aliphatic carbocycles. The van der Waals surface area contributed by atoms with Crippen LogP contribution in [0.25, 0.3) is 0 Å². The van der Waals surface area contributed by atoms with Crippen LogP contribution in [0.3, 0.4) is 0 Å². The lowest BCUT2D eigenvalue weighted by atomic mass is 9.69. The number of methoxy groups -OCH3 is 1. The maximum absolute atomic E-state index is 5.28. The van der Waals surface area contributed by atoms with E-state index in [0.717, 1.165) is 31.5 Å². The fourth-order valence-electron chi connectivity index (χ4n) is 2.90. The van der Waals surface area contributed by atoms with E-state index in [1.165, 1.54) is 32.1 Å². The molecule has 116 valence electrons. The monoisotopic (exact) mass is 271 g/mol. The van der Waals surface area contributed by atoms with Crippen LogP contribution in [0.15, 0.2) is 0 Å². The van der Waals surface area contributed by atoms with Gasteiger partial charge >= 0.3 is 0 Å². The van der Waals surface area contributed by atoms with Crippen molar-refractivity contribution < 1.29 is 4.74 Å². The van der Waals surface area contributed by atoms with Gasteiger partial charge in [-0.05, 0) is 43.1 Å². The van der Waals surface area contributed by atoms with E-state index >= 15 is 0 Å². The van der Waals surface area contributed by atoms with Crippen molar-refractivity contribution in [1.82, 2.24) is 5.32 Å². The van der Waals surface area contributed by atoms with Gasteiger partial charge in [0.05, 0.1) is 0 Å². The molecule has 2 heteroatoms. The first kappa shape index (κ1) is 18.9. The fourth-order valence-corrected chi connectivity index (χ4v) is 2.90. The smallest absolute Gasteiger partial charge is 0.0465 e. The fraction of sp³-hybridized carbons (Fsp3) is 1.00. The van der Waals surface area contributed by atoms with Crippen molar-refractivity contribution in [1.29, 1.82) is 0 Å². The van der Waals surface area contributed by atoms with Gasteiger partial charge < -0.3 is 10.1 Å². The summed E-state index contributed by atoms with van der Waals surface area (Å²) in [7, 11) is 1.81. The van der Waals surface area contributed by atoms with E-state index in [1.54, 1.807) is 0 Å². The molecule has 2 nitrogen and oxygen atoms in total. The number of unbranched alkanes of at least 4 members (excludes halogenated alkanes) is 1. The molecule has 19 heavy (non-hydrogen) atoms. The average molecular weight is 271 g/mol. The molecule has 2 atom stereocenters. The van der Waals surface area contributed by atoms with Gasteiger partial charge in [-0.25, -0.2) is 0 Å². The maximum atomic E-state index is 5.28. The van der Waals surface area contributed by atoms with Gasteiger partial charge in [-0.3, -0.25) is 0 Å². The third-order valence-electron chi connectivity index (χ3n) is 4.56. The molecule has 1 N–H and O–H groups in total. The number of ether oxygens (including phenoxy) is 1. The molecule has 0 aliphatic rings. The first-order valence-corrected chi connectivity index (χ1v) is 8.22. The third kappa shape index (κ3) is 7.31. The van der Waals surface area contributed by atoms with Gasteiger partial charge in [0.15, 0.2) is 0 Å². The zero-order chi connectivity index (χ0) is 14.7. The Morgan fingerprint density at radius 1 is 1.16 bits per heavy atom. The molecule has 0 aliphatic heterocycles. The molecule has 0 heterocycles. The first-order chi connectivity index (χ1) is 9.02. The Balaban J connectivity index is 4.55. The molecule has 0 aromatic rings. The van der Waals surface area contributed by atoms with Crippen LogP contribution in [-0.2, 0) is 4.74 Å². The van der Waals surface area contributed by atoms with Gasteiger partial charge in [-0.1, -0.05) is 47.5 Å². The molecule has 0 saturated carbocycles. The van der Waals surface area contributed by atoms with Gasteiger partial charge in [0.2, 0.25) is 0 Å². The largest absolute Gasteiger partial charge is 0.385 e. The summed E-state index contributed by atoms with van der Waals surface area (Å²) < 4.78 is 5.28. The predicted molar refractivity (Wildman–Crippen MR) is 85.6 cm³/mol. The normalized spacial score (nSPS) is 16.6. The first-order valence-electron chi connectivity index (χ1n) is 8.22. The molecule has 0 spiro atoms. The third-order valence-corrected chi connectivity index (χ3v) is 4.56. The Bertz CT molecular complexity index is 205. The lowest BCUT2D eigenvalue weighted by Crippen LogP contribution is -2.40. The van der Waals surface area contributed by atoms with Crippen LogP contribution in [0.5, 0.6) is 0 Å². The van der Waals surface area contributed by atoms with Crippen molar-refractivity contribution in [2.45, 2.75) is 66.7 Å². The topological polar surface area (TPSA) is 21.3 Å². The number of hydrogen-bond acceptors (Lipinski definition) is 2. The van der Waals surface area contributed by atoms with Crippen molar-refractivity contribution in [3.05, 3.63) is 0 Å². The van der Waals surface area contributed by atoms with Crippen LogP contribution >= 0.6 is 0 Å². The quantitative estimate of drug-likeness (QED) is 0.564. The van der Waals surface area contributed by atoms with E-state index in [0.29, 0.717) is 5.41 Å². The Labute approximate surface area is 121 Å². The lowest BCUT2D eigenvalue weighted by molar-refractivity contribution is 0.0952. The van der Waals surface area contributed by atoms with E-state index in [1.807, 2.05) is 7.11 Å². The number of rotatable bonds is 12. The standard InChI is InChI=1S/C17H37NO/c1-7-9-11-17(8-2,14-18-13-15(3)4)16(5)10-12-19-6/h15-16,18H,7-14H2,1-6H3. The van der Waals surface area contributed by atoms with Crippen LogP contribution in [0, 0.1) is 17.3 Å². The van der Waals surface area contributed by atoms with E-state index in [9.17, 15) is 0 Å². The molecule has 0 radical (unpaired) electrons. The Morgan fingerprint density at radius 3 is 2.32 bits per heavy atom. The van der Waals surface area contributed by atoms with Crippen LogP contribution < -0.4 is 5.32 Å². The van der Waals surface area contributed by atoms with Crippen LogP contribution in [-0.4, -0.2) is 26.8 Å².